The monoisotopic (exact) mass is 1850 g/mol. The maximum atomic E-state index is 12.9. The zero-order chi connectivity index (χ0) is 80.8. The van der Waals surface area contributed by atoms with Gasteiger partial charge in [0, 0.05) is 22.6 Å². The molecule has 0 saturated heterocycles. The summed E-state index contributed by atoms with van der Waals surface area (Å²) in [5.41, 5.74) is 4.34. The molecule has 20 heteroatoms. The topological polar surface area (TPSA) is 153 Å². The fourth-order valence-electron chi connectivity index (χ4n) is 11.5. The van der Waals surface area contributed by atoms with Gasteiger partial charge in [0.1, 0.15) is 79.8 Å². The molecule has 2 heterocycles. The van der Waals surface area contributed by atoms with Crippen LogP contribution in [0.25, 0.3) is 25.1 Å². The van der Waals surface area contributed by atoms with Gasteiger partial charge in [-0.2, -0.15) is 0 Å². The predicted octanol–water partition coefficient (Wildman–Crippen LogP) is 23.7. The molecule has 1 unspecified atom stereocenters. The van der Waals surface area contributed by atoms with E-state index in [1.54, 1.807) is 48.5 Å². The molecule has 1 N–H and O–H groups in total. The van der Waals surface area contributed by atoms with Crippen molar-refractivity contribution in [3.05, 3.63) is 337 Å². The molecule has 12 nitrogen and oxygen atoms in total. The van der Waals surface area contributed by atoms with Crippen molar-refractivity contribution in [2.75, 3.05) is 31.7 Å². The third-order valence-electron chi connectivity index (χ3n) is 17.2. The zero-order valence-electron chi connectivity index (χ0n) is 64.0. The van der Waals surface area contributed by atoms with E-state index < -0.39 is 13.0 Å². The van der Waals surface area contributed by atoms with Crippen molar-refractivity contribution in [3.63, 3.8) is 0 Å². The molecule has 1 atom stereocenters. The summed E-state index contributed by atoms with van der Waals surface area (Å²) in [5.74, 6) is 0.328. The van der Waals surface area contributed by atoms with Crippen molar-refractivity contribution < 1.29 is 47.6 Å². The second-order valence-electron chi connectivity index (χ2n) is 27.3. The number of anilines is 2. The molecule has 1 aliphatic rings. The summed E-state index contributed by atoms with van der Waals surface area (Å²) in [6.45, 7) is 13.9. The van der Waals surface area contributed by atoms with E-state index in [0.29, 0.717) is 19.0 Å². The SMILES string of the molecule is CC(Br)C(=O)OCc1ccc([S+](c2ccccc2)c2ccccc2)cc1.CC(C)(Br)C(=O)OCCOc1ccc(-[s+]2c3ccccc3c(=O)c3ccccc32)cc1.CC(C)(Br)C(=O)OCCOc1ccc([S+]2c3ccccc3Nc3ccccc32)cc1.CC(C)(Br)C(=O)OCc1ccc([S+](c2ccccc2)c2ccccc2)cc1. The largest absolute Gasteiger partial charge is 0.490 e. The summed E-state index contributed by atoms with van der Waals surface area (Å²) < 4.78 is 32.6. The minimum Gasteiger partial charge on any atom is -0.490 e. The molecule has 0 aliphatic carbocycles. The fraction of sp³-hybridized carbons (Fsp3) is 0.181. The van der Waals surface area contributed by atoms with Gasteiger partial charge in [0.15, 0.2) is 58.4 Å². The van der Waals surface area contributed by atoms with Crippen molar-refractivity contribution in [1.82, 2.24) is 0 Å². The minimum atomic E-state index is -0.705. The van der Waals surface area contributed by atoms with Gasteiger partial charge >= 0.3 is 23.9 Å². The maximum Gasteiger partial charge on any atom is 0.322 e. The Morgan fingerprint density at radius 1 is 0.368 bits per heavy atom. The number of rotatable bonds is 24. The molecule has 13 aromatic rings. The lowest BCUT2D eigenvalue weighted by Crippen LogP contribution is -2.28. The highest BCUT2D eigenvalue weighted by Gasteiger charge is 2.38. The first-order valence-corrected chi connectivity index (χ1v) is 45.0. The number of ether oxygens (including phenoxy) is 6. The molecule has 0 saturated carbocycles. The summed E-state index contributed by atoms with van der Waals surface area (Å²) in [6, 6.07) is 107. The molecule has 0 fully saturated rings. The van der Waals surface area contributed by atoms with Crippen molar-refractivity contribution in [2.45, 2.75) is 124 Å². The van der Waals surface area contributed by atoms with Gasteiger partial charge in [0.2, 0.25) is 5.43 Å². The maximum absolute atomic E-state index is 12.9. The number of carbonyl (C=O) groups excluding carboxylic acids is 4. The summed E-state index contributed by atoms with van der Waals surface area (Å²) in [4.78, 5) is 72.2. The molecule has 0 bridgehead atoms. The lowest BCUT2D eigenvalue weighted by molar-refractivity contribution is -0.147. The molecular weight excluding hydrogens is 1770 g/mol. The summed E-state index contributed by atoms with van der Waals surface area (Å²) in [7, 11) is -0.867. The molecule has 114 heavy (non-hydrogen) atoms. The molecule has 12 aromatic carbocycles. The van der Waals surface area contributed by atoms with E-state index in [1.807, 2.05) is 133 Å². The standard InChI is InChI=1S/C25H22BrO4S.C24H23BrNO3S.C23H22BrO2S.C22H20BrO2S/c1-25(2,26)24(28)30-16-15-29-17-11-13-18(14-12-17)31-21-9-5-3-7-19(21)23(27)20-8-4-6-10-22(20)31;1-24(2,25)23(27)29-16-15-28-17-11-13-18(14-12-17)30-21-9-5-3-7-19(21)26-20-8-4-6-10-22(20)30;1-23(2,24)22(25)26-17-18-13-15-21(16-14-18)27(19-9-5-3-6-10-19)20-11-7-4-8-12-20;1-17(23)22(24)25-16-18-12-14-21(15-13-18)26(19-8-4-2-5-9-19)20-10-6-3-7-11-20/h3-14H,15-16H2,1-2H3;3-14,26H,15-16H2,1-2H3;3-16H,17H2,1-2H3;2-15,17H,16H2,1H3/q4*+1. The van der Waals surface area contributed by atoms with Gasteiger partial charge in [0.05, 0.1) is 43.9 Å². The fourth-order valence-corrected chi connectivity index (χ4v) is 20.8. The van der Waals surface area contributed by atoms with Gasteiger partial charge < -0.3 is 33.7 Å². The quantitative estimate of drug-likeness (QED) is 0.0153. The van der Waals surface area contributed by atoms with Gasteiger partial charge in [-0.15, -0.1) is 0 Å². The second-order valence-corrected chi connectivity index (χ2v) is 42.6. The van der Waals surface area contributed by atoms with Gasteiger partial charge in [0.25, 0.3) is 0 Å². The van der Waals surface area contributed by atoms with Crippen molar-refractivity contribution in [2.24, 2.45) is 0 Å². The number of nitrogens with one attached hydrogen (secondary N) is 1. The highest BCUT2D eigenvalue weighted by Crippen LogP contribution is 2.46. The van der Waals surface area contributed by atoms with Crippen molar-refractivity contribution in [1.29, 1.82) is 0 Å². The van der Waals surface area contributed by atoms with E-state index in [1.165, 1.54) is 44.1 Å². The zero-order valence-corrected chi connectivity index (χ0v) is 73.6. The molecule has 0 amide bonds. The molecule has 1 aliphatic heterocycles. The van der Waals surface area contributed by atoms with Gasteiger partial charge in [-0.3, -0.25) is 24.0 Å². The highest BCUT2D eigenvalue weighted by atomic mass is 79.9. The van der Waals surface area contributed by atoms with Crippen LogP contribution in [-0.4, -0.2) is 68.1 Å². The van der Waals surface area contributed by atoms with Gasteiger partial charge in [-0.05, 0) is 217 Å². The Balaban J connectivity index is 0.000000150. The average Bonchev–Trinajstić information content (AvgIpc) is 0.748. The van der Waals surface area contributed by atoms with Gasteiger partial charge in [-0.1, -0.05) is 209 Å². The van der Waals surface area contributed by atoms with E-state index >= 15 is 0 Å². The van der Waals surface area contributed by atoms with Crippen LogP contribution in [0.15, 0.2) is 364 Å². The lowest BCUT2D eigenvalue weighted by atomic mass is 10.2. The van der Waals surface area contributed by atoms with Crippen LogP contribution in [0.4, 0.5) is 11.4 Å². The summed E-state index contributed by atoms with van der Waals surface area (Å²) in [6.07, 6.45) is 0. The third-order valence-corrected chi connectivity index (χ3v) is 27.7. The molecule has 0 radical (unpaired) electrons. The normalized spacial score (nSPS) is 12.0. The number of hydrogen-bond donors (Lipinski definition) is 1. The number of fused-ring (bicyclic) bond motifs is 4. The number of alkyl halides is 4. The van der Waals surface area contributed by atoms with E-state index in [0.717, 1.165) is 53.3 Å². The molecule has 1 aromatic heterocycles. The molecule has 0 spiro atoms. The van der Waals surface area contributed by atoms with Crippen molar-refractivity contribution >= 4 is 162 Å². The Bertz CT molecular complexity index is 5220. The Hall–Kier alpha value is -9.22. The first kappa shape index (κ1) is 85.7. The number of esters is 4. The number of carbonyl (C=O) groups is 4. The van der Waals surface area contributed by atoms with E-state index in [4.69, 9.17) is 28.4 Å². The minimum absolute atomic E-state index is 0.0797. The van der Waals surface area contributed by atoms with E-state index in [9.17, 15) is 24.0 Å². The summed E-state index contributed by atoms with van der Waals surface area (Å²) in [5, 5.41) is 5.07. The Morgan fingerprint density at radius 3 is 1.05 bits per heavy atom. The van der Waals surface area contributed by atoms with Gasteiger partial charge in [-0.25, -0.2) is 0 Å². The molecule has 14 rings (SSSR count). The van der Waals surface area contributed by atoms with Crippen molar-refractivity contribution in [3.8, 4) is 16.4 Å². The lowest BCUT2D eigenvalue weighted by Gasteiger charge is -2.20. The van der Waals surface area contributed by atoms with Crippen LogP contribution in [0, 0.1) is 0 Å². The Morgan fingerprint density at radius 2 is 0.684 bits per heavy atom. The van der Waals surface area contributed by atoms with E-state index in [2.05, 4.69) is 251 Å². The smallest absolute Gasteiger partial charge is 0.322 e. The van der Waals surface area contributed by atoms with Crippen LogP contribution in [-0.2, 0) is 84.0 Å². The van der Waals surface area contributed by atoms with Crippen LogP contribution in [0.2, 0.25) is 0 Å². The van der Waals surface area contributed by atoms with Crippen LogP contribution in [0.1, 0.15) is 59.6 Å². The highest BCUT2D eigenvalue weighted by molar-refractivity contribution is 9.10. The number of para-hydroxylation sites is 2. The summed E-state index contributed by atoms with van der Waals surface area (Å²) >= 11 is 13.1. The van der Waals surface area contributed by atoms with Crippen LogP contribution in [0.5, 0.6) is 11.5 Å². The number of benzene rings is 12. The number of hydrogen-bond acceptors (Lipinski definition) is 12. The second kappa shape index (κ2) is 40.9. The predicted molar refractivity (Wildman–Crippen MR) is 479 cm³/mol. The van der Waals surface area contributed by atoms with Crippen LogP contribution >= 0.6 is 74.2 Å². The molecule has 582 valence electrons. The van der Waals surface area contributed by atoms with Crippen LogP contribution < -0.4 is 20.2 Å². The first-order chi connectivity index (χ1) is 54.9. The Labute approximate surface area is 711 Å². The molecular formula is C94H87Br4NO11S4+4. The average molecular weight is 1850 g/mol. The first-order valence-electron chi connectivity index (χ1n) is 36.8. The van der Waals surface area contributed by atoms with E-state index in [-0.39, 0.29) is 104 Å². The Kier molecular flexibility index (Phi) is 30.7. The number of halogens is 4. The van der Waals surface area contributed by atoms with Crippen LogP contribution in [0.3, 0.4) is 0 Å². The third kappa shape index (κ3) is 23.5.